The second-order valence-corrected chi connectivity index (χ2v) is 0.289. The molecule has 0 bridgehead atoms. The zero-order valence-electron chi connectivity index (χ0n) is 3.54. The van der Waals surface area contributed by atoms with Gasteiger partial charge in [0.1, 0.15) is 0 Å². The average molecular weight is 224 g/mol. The number of terminal acetylenes is 1. The largest absolute Gasteiger partial charge is 2.00 e. The average Bonchev–Trinajstić information content (AvgIpc) is 0.918. The van der Waals surface area contributed by atoms with E-state index in [0.29, 0.717) is 0 Å². The minimum absolute atomic E-state index is 0. The van der Waals surface area contributed by atoms with Gasteiger partial charge in [-0.1, -0.05) is 0 Å². The van der Waals surface area contributed by atoms with Gasteiger partial charge >= 0.3 is 23.1 Å². The molecule has 0 aromatic heterocycles. The van der Waals surface area contributed by atoms with Gasteiger partial charge in [-0.3, -0.25) is 0 Å². The fraction of sp³-hybridized carbons (Fsp3) is 0.333. The Hall–Kier alpha value is 1.29. The molecular weight excluding hydrogens is 220 g/mol. The van der Waals surface area contributed by atoms with Crippen LogP contribution in [0.2, 0.25) is 0 Å². The van der Waals surface area contributed by atoms with Crippen LogP contribution in [0.1, 0.15) is 6.92 Å². The van der Waals surface area contributed by atoms with Crippen LogP contribution in [0.3, 0.4) is 0 Å². The van der Waals surface area contributed by atoms with E-state index >= 15 is 0 Å². The van der Waals surface area contributed by atoms with E-state index in [1.807, 2.05) is 0 Å². The third-order valence-electron chi connectivity index (χ3n) is 0. The Balaban J connectivity index is -0.00000000667. The van der Waals surface area contributed by atoms with Crippen LogP contribution in [0.4, 0.5) is 0 Å². The number of hydrogen-bond acceptors (Lipinski definition) is 0. The zero-order valence-corrected chi connectivity index (χ0v) is 8.13. The summed E-state index contributed by atoms with van der Waals surface area (Å²) in [6.07, 6.45) is 4.60. The number of rotatable bonds is 0. The summed E-state index contributed by atoms with van der Waals surface area (Å²) in [7, 11) is 0. The van der Waals surface area contributed by atoms with Crippen LogP contribution in [0, 0.1) is 12.3 Å². The van der Waals surface area contributed by atoms with Gasteiger partial charge in [0.05, 0.1) is 0 Å². The van der Waals surface area contributed by atoms with Gasteiger partial charge in [0.25, 0.3) is 0 Å². The minimum Gasteiger partial charge on any atom is -1.00 e. The van der Waals surface area contributed by atoms with Crippen molar-refractivity contribution in [3.05, 3.63) is 0 Å². The molecule has 0 radical (unpaired) electrons. The van der Waals surface area contributed by atoms with Crippen molar-refractivity contribution in [2.24, 2.45) is 0 Å². The molecule has 0 aliphatic rings. The van der Waals surface area contributed by atoms with Gasteiger partial charge in [-0.05, 0) is 6.92 Å². The van der Waals surface area contributed by atoms with E-state index in [1.165, 1.54) is 0 Å². The molecule has 6 heavy (non-hydrogen) atoms. The third-order valence-corrected chi connectivity index (χ3v) is 0. The molecule has 32 valence electrons. The number of hydrogen-bond donors (Lipinski definition) is 0. The van der Waals surface area contributed by atoms with Crippen molar-refractivity contribution in [2.45, 2.75) is 6.92 Å². The Morgan fingerprint density at radius 1 is 1.33 bits per heavy atom. The fourth-order valence-corrected chi connectivity index (χ4v) is 0. The molecule has 0 amide bonds. The van der Waals surface area contributed by atoms with Gasteiger partial charge in [0.15, 0.2) is 0 Å². The van der Waals surface area contributed by atoms with E-state index in [4.69, 9.17) is 0 Å². The fourth-order valence-electron chi connectivity index (χ4n) is 0. The standard InChI is InChI=1S/C3H4.2BrH.Mg/c1-3-2;;;/h1H,2H3;2*1H;/q;;;+2/p-2. The first kappa shape index (κ1) is 26.7. The molecule has 0 spiro atoms. The van der Waals surface area contributed by atoms with Crippen LogP contribution in [0.25, 0.3) is 0 Å². The molecule has 0 saturated heterocycles. The summed E-state index contributed by atoms with van der Waals surface area (Å²) in [5, 5.41) is 0. The molecule has 0 rings (SSSR count). The second-order valence-electron chi connectivity index (χ2n) is 0.289. The van der Waals surface area contributed by atoms with Crippen LogP contribution in [0.5, 0.6) is 0 Å². The molecule has 0 unspecified atom stereocenters. The summed E-state index contributed by atoms with van der Waals surface area (Å²) < 4.78 is 0. The maximum atomic E-state index is 4.60. The summed E-state index contributed by atoms with van der Waals surface area (Å²) in [6.45, 7) is 1.65. The van der Waals surface area contributed by atoms with E-state index in [9.17, 15) is 0 Å². The van der Waals surface area contributed by atoms with Crippen molar-refractivity contribution in [1.29, 1.82) is 0 Å². The monoisotopic (exact) mass is 222 g/mol. The van der Waals surface area contributed by atoms with Gasteiger partial charge < -0.3 is 34.0 Å². The van der Waals surface area contributed by atoms with Gasteiger partial charge in [-0.2, -0.15) is 0 Å². The summed E-state index contributed by atoms with van der Waals surface area (Å²) in [5.41, 5.74) is 0. The maximum Gasteiger partial charge on any atom is 2.00 e. The first-order chi connectivity index (χ1) is 1.41. The normalized spacial score (nSPS) is 1.33. The van der Waals surface area contributed by atoms with Crippen LogP contribution in [0.15, 0.2) is 0 Å². The van der Waals surface area contributed by atoms with E-state index in [0.717, 1.165) is 0 Å². The number of halogens is 2. The second kappa shape index (κ2) is 33.6. The summed E-state index contributed by atoms with van der Waals surface area (Å²) in [5.74, 6) is 2.25. The van der Waals surface area contributed by atoms with Crippen molar-refractivity contribution < 1.29 is 34.0 Å². The molecule has 0 N–H and O–H groups in total. The molecule has 0 aliphatic carbocycles. The molecule has 3 heteroatoms. The van der Waals surface area contributed by atoms with Gasteiger partial charge in [0, 0.05) is 0 Å². The van der Waals surface area contributed by atoms with Crippen molar-refractivity contribution >= 4 is 23.1 Å². The van der Waals surface area contributed by atoms with Gasteiger partial charge in [-0.25, -0.2) is 0 Å². The third kappa shape index (κ3) is 58.7. The molecule has 0 heterocycles. The molecule has 0 nitrogen and oxygen atoms in total. The molecule has 0 aliphatic heterocycles. The smallest absolute Gasteiger partial charge is 1.00 e. The predicted octanol–water partition coefficient (Wildman–Crippen LogP) is -5.73. The van der Waals surface area contributed by atoms with Gasteiger partial charge in [-0.15, -0.1) is 12.3 Å². The van der Waals surface area contributed by atoms with Crippen LogP contribution >= 0.6 is 0 Å². The Labute approximate surface area is 75.8 Å². The Morgan fingerprint density at radius 3 is 1.33 bits per heavy atom. The van der Waals surface area contributed by atoms with Crippen molar-refractivity contribution in [2.75, 3.05) is 0 Å². The zero-order chi connectivity index (χ0) is 2.71. The Bertz CT molecular complexity index is 30.3. The van der Waals surface area contributed by atoms with E-state index in [-0.39, 0.29) is 57.0 Å². The summed E-state index contributed by atoms with van der Waals surface area (Å²) >= 11 is 0. The predicted molar refractivity (Wildman–Crippen MR) is 20.3 cm³/mol. The van der Waals surface area contributed by atoms with Crippen LogP contribution in [-0.4, -0.2) is 23.1 Å². The SMILES string of the molecule is C#CC.[Br-].[Br-].[Mg+2]. The quantitative estimate of drug-likeness (QED) is 0.284. The Kier molecular flexibility index (Phi) is 149. The minimum atomic E-state index is 0. The molecule has 0 fully saturated rings. The molecule has 0 atom stereocenters. The van der Waals surface area contributed by atoms with Crippen molar-refractivity contribution in [1.82, 2.24) is 0 Å². The van der Waals surface area contributed by atoms with Crippen LogP contribution in [-0.2, 0) is 0 Å². The topological polar surface area (TPSA) is 0 Å². The first-order valence-corrected chi connectivity index (χ1v) is 0.789. The summed E-state index contributed by atoms with van der Waals surface area (Å²) in [4.78, 5) is 0. The molecule has 0 saturated carbocycles. The first-order valence-electron chi connectivity index (χ1n) is 0.789. The van der Waals surface area contributed by atoms with E-state index in [2.05, 4.69) is 12.3 Å². The van der Waals surface area contributed by atoms with E-state index < -0.39 is 0 Å². The Morgan fingerprint density at radius 2 is 1.33 bits per heavy atom. The molecule has 0 aromatic carbocycles. The van der Waals surface area contributed by atoms with E-state index in [1.54, 1.807) is 6.92 Å². The molecular formula is C3H4Br2Mg. The summed E-state index contributed by atoms with van der Waals surface area (Å²) in [6, 6.07) is 0. The van der Waals surface area contributed by atoms with Crippen molar-refractivity contribution in [3.63, 3.8) is 0 Å². The van der Waals surface area contributed by atoms with Crippen molar-refractivity contribution in [3.8, 4) is 12.3 Å². The van der Waals surface area contributed by atoms with Gasteiger partial charge in [0.2, 0.25) is 0 Å². The molecule has 0 aromatic rings. The maximum absolute atomic E-state index is 4.60. The van der Waals surface area contributed by atoms with Crippen LogP contribution < -0.4 is 34.0 Å².